The van der Waals surface area contributed by atoms with Gasteiger partial charge in [0.2, 0.25) is 11.8 Å². The van der Waals surface area contributed by atoms with Crippen LogP contribution in [0.3, 0.4) is 0 Å². The lowest BCUT2D eigenvalue weighted by Crippen LogP contribution is -2.03. The predicted octanol–water partition coefficient (Wildman–Crippen LogP) is 3.71. The molecule has 2 aromatic rings. The first kappa shape index (κ1) is 19.0. The molecule has 4 N–H and O–H groups in total. The molecular formula is C15H16IN5OS2. The number of pyridine rings is 1. The van der Waals surface area contributed by atoms with Crippen LogP contribution in [0.15, 0.2) is 22.1 Å². The van der Waals surface area contributed by atoms with Gasteiger partial charge in [0.05, 0.1) is 23.3 Å². The molecule has 126 valence electrons. The fourth-order valence-electron chi connectivity index (χ4n) is 1.90. The molecule has 0 saturated carbocycles. The average molecular weight is 473 g/mol. The van der Waals surface area contributed by atoms with Crippen molar-refractivity contribution in [1.82, 2.24) is 15.0 Å². The molecule has 0 saturated heterocycles. The summed E-state index contributed by atoms with van der Waals surface area (Å²) in [4.78, 5) is 14.3. The summed E-state index contributed by atoms with van der Waals surface area (Å²) < 4.78 is 5.38. The minimum Gasteiger partial charge on any atom is -0.480 e. The van der Waals surface area contributed by atoms with Crippen LogP contribution in [-0.4, -0.2) is 22.1 Å². The molecule has 0 aliphatic carbocycles. The molecule has 0 unspecified atom stereocenters. The van der Waals surface area contributed by atoms with E-state index in [1.54, 1.807) is 13.3 Å². The van der Waals surface area contributed by atoms with E-state index in [2.05, 4.69) is 61.2 Å². The average Bonchev–Trinajstić information content (AvgIpc) is 2.55. The van der Waals surface area contributed by atoms with Gasteiger partial charge in [-0.05, 0) is 32.1 Å². The topological polar surface area (TPSA) is 99.9 Å². The normalized spacial score (nSPS) is 10.4. The Morgan fingerprint density at radius 2 is 2.00 bits per heavy atom. The van der Waals surface area contributed by atoms with E-state index < -0.39 is 0 Å². The summed E-state index contributed by atoms with van der Waals surface area (Å²) in [6.45, 7) is 4.14. The van der Waals surface area contributed by atoms with Crippen molar-refractivity contribution in [2.75, 3.05) is 18.6 Å². The molecule has 2 heterocycles. The monoisotopic (exact) mass is 473 g/mol. The quantitative estimate of drug-likeness (QED) is 0.512. The van der Waals surface area contributed by atoms with Gasteiger partial charge in [0, 0.05) is 32.3 Å². The molecule has 0 aliphatic heterocycles. The van der Waals surface area contributed by atoms with Gasteiger partial charge in [0.15, 0.2) is 0 Å². The molecule has 0 amide bonds. The van der Waals surface area contributed by atoms with Crippen molar-refractivity contribution in [3.63, 3.8) is 0 Å². The van der Waals surface area contributed by atoms with Crippen LogP contribution in [0.4, 0.5) is 11.8 Å². The maximum Gasteiger partial charge on any atom is 0.229 e. The number of hydrogen-bond donors (Lipinski definition) is 2. The Bertz CT molecular complexity index is 804. The highest BCUT2D eigenvalue weighted by Crippen LogP contribution is 2.37. The minimum absolute atomic E-state index is 0.152. The first-order valence-corrected chi connectivity index (χ1v) is 11.1. The van der Waals surface area contributed by atoms with E-state index in [0.29, 0.717) is 11.7 Å². The second-order valence-corrected chi connectivity index (χ2v) is 7.73. The maximum atomic E-state index is 5.94. The van der Waals surface area contributed by atoms with E-state index in [-0.39, 0.29) is 11.9 Å². The van der Waals surface area contributed by atoms with Crippen molar-refractivity contribution in [1.29, 1.82) is 0 Å². The number of nitrogens with two attached hydrogens (primary N) is 2. The van der Waals surface area contributed by atoms with Crippen molar-refractivity contribution in [2.45, 2.75) is 29.6 Å². The number of halogens is 1. The number of nitrogens with zero attached hydrogens (tertiary/aromatic N) is 3. The van der Waals surface area contributed by atoms with E-state index in [4.69, 9.17) is 16.2 Å². The van der Waals surface area contributed by atoms with Crippen LogP contribution in [-0.2, 0) is 0 Å². The number of aromatic nitrogens is 3. The number of rotatable bonds is 4. The molecular weight excluding hydrogens is 457 g/mol. The van der Waals surface area contributed by atoms with Crippen molar-refractivity contribution in [3.05, 3.63) is 23.5 Å². The van der Waals surface area contributed by atoms with Crippen LogP contribution in [0.25, 0.3) is 0 Å². The molecule has 24 heavy (non-hydrogen) atoms. The van der Waals surface area contributed by atoms with Crippen LogP contribution in [0, 0.1) is 11.2 Å². The molecule has 6 nitrogen and oxygen atoms in total. The Balaban J connectivity index is 2.53. The molecule has 0 atom stereocenters. The molecule has 0 spiro atoms. The zero-order valence-corrected chi connectivity index (χ0v) is 17.1. The number of ether oxygens (including phenoxy) is 1. The number of methoxy groups -OCH3 is 1. The SMILES string of the molecule is COc1nc(C(C)C)c(Sc2cnc(N)nc2N)cc1C#CSI. The molecule has 0 radical (unpaired) electrons. The van der Waals surface area contributed by atoms with Crippen LogP contribution in [0.1, 0.15) is 31.0 Å². The Morgan fingerprint density at radius 3 is 2.58 bits per heavy atom. The third-order valence-corrected chi connectivity index (χ3v) is 4.89. The molecule has 0 bridgehead atoms. The van der Waals surface area contributed by atoms with Crippen LogP contribution in [0.2, 0.25) is 0 Å². The second kappa shape index (κ2) is 8.64. The van der Waals surface area contributed by atoms with E-state index in [1.807, 2.05) is 6.07 Å². The zero-order valence-electron chi connectivity index (χ0n) is 13.3. The molecule has 0 aliphatic rings. The van der Waals surface area contributed by atoms with Gasteiger partial charge in [-0.1, -0.05) is 25.6 Å². The number of nitrogen functional groups attached to an aromatic ring is 2. The third kappa shape index (κ3) is 4.58. The fraction of sp³-hybridized carbons (Fsp3) is 0.267. The Morgan fingerprint density at radius 1 is 1.25 bits per heavy atom. The third-order valence-electron chi connectivity index (χ3n) is 2.97. The van der Waals surface area contributed by atoms with Crippen molar-refractivity contribution in [2.24, 2.45) is 0 Å². The first-order valence-electron chi connectivity index (χ1n) is 6.89. The molecule has 9 heteroatoms. The van der Waals surface area contributed by atoms with Crippen LogP contribution < -0.4 is 16.2 Å². The molecule has 2 aromatic heterocycles. The Hall–Kier alpha value is -1.38. The van der Waals surface area contributed by atoms with Gasteiger partial charge in [-0.15, -0.1) is 0 Å². The van der Waals surface area contributed by atoms with Crippen molar-refractivity contribution < 1.29 is 4.74 Å². The van der Waals surface area contributed by atoms with Gasteiger partial charge >= 0.3 is 0 Å². The van der Waals surface area contributed by atoms with Crippen LogP contribution >= 0.6 is 41.9 Å². The standard InChI is InChI=1S/C15H16IN5OS2/c1-8(2)12-10(24-11-7-19-15(18)21-13(11)17)6-9(4-5-23-16)14(20-12)22-3/h6-8H,1-3H3,(H4,17,18,19,21). The van der Waals surface area contributed by atoms with Gasteiger partial charge in [-0.2, -0.15) is 4.98 Å². The molecule has 0 aromatic carbocycles. The summed E-state index contributed by atoms with van der Waals surface area (Å²) in [7, 11) is 3.00. The Labute approximate surface area is 161 Å². The summed E-state index contributed by atoms with van der Waals surface area (Å²) in [6, 6.07) is 1.96. The summed E-state index contributed by atoms with van der Waals surface area (Å²) in [5, 5.41) is 2.96. The lowest BCUT2D eigenvalue weighted by molar-refractivity contribution is 0.393. The smallest absolute Gasteiger partial charge is 0.229 e. The lowest BCUT2D eigenvalue weighted by Gasteiger charge is -2.14. The number of anilines is 2. The van der Waals surface area contributed by atoms with Gasteiger partial charge in [-0.25, -0.2) is 9.97 Å². The predicted molar refractivity (Wildman–Crippen MR) is 108 cm³/mol. The van der Waals surface area contributed by atoms with Gasteiger partial charge in [-0.3, -0.25) is 0 Å². The second-order valence-electron chi connectivity index (χ2n) is 4.97. The van der Waals surface area contributed by atoms with E-state index in [9.17, 15) is 0 Å². The molecule has 2 rings (SSSR count). The first-order chi connectivity index (χ1) is 11.5. The van der Waals surface area contributed by atoms with E-state index >= 15 is 0 Å². The zero-order chi connectivity index (χ0) is 17.7. The highest BCUT2D eigenvalue weighted by atomic mass is 127. The van der Waals surface area contributed by atoms with Crippen molar-refractivity contribution in [3.8, 4) is 17.1 Å². The highest BCUT2D eigenvalue weighted by Gasteiger charge is 2.17. The summed E-state index contributed by atoms with van der Waals surface area (Å²) in [5.74, 6) is 4.27. The maximum absolute atomic E-state index is 5.94. The van der Waals surface area contributed by atoms with Crippen LogP contribution in [0.5, 0.6) is 5.88 Å². The van der Waals surface area contributed by atoms with Crippen molar-refractivity contribution >= 4 is 53.7 Å². The van der Waals surface area contributed by atoms with Gasteiger partial charge < -0.3 is 16.2 Å². The van der Waals surface area contributed by atoms with E-state index in [0.717, 1.165) is 21.0 Å². The van der Waals surface area contributed by atoms with E-state index in [1.165, 1.54) is 20.7 Å². The van der Waals surface area contributed by atoms with Gasteiger partial charge in [0.1, 0.15) is 5.82 Å². The fourth-order valence-corrected chi connectivity index (χ4v) is 3.44. The number of hydrogen-bond acceptors (Lipinski definition) is 8. The Kier molecular flexibility index (Phi) is 6.82. The summed E-state index contributed by atoms with van der Waals surface area (Å²) >= 11 is 3.57. The summed E-state index contributed by atoms with van der Waals surface area (Å²) in [6.07, 6.45) is 1.61. The highest BCUT2D eigenvalue weighted by molar-refractivity contribution is 14.2. The molecule has 0 fully saturated rings. The summed E-state index contributed by atoms with van der Waals surface area (Å²) in [5.41, 5.74) is 13.1. The lowest BCUT2D eigenvalue weighted by atomic mass is 10.1. The van der Waals surface area contributed by atoms with Gasteiger partial charge in [0.25, 0.3) is 0 Å². The minimum atomic E-state index is 0.152. The largest absolute Gasteiger partial charge is 0.480 e.